The molecule has 0 atom stereocenters. The molecule has 2 N–H and O–H groups in total. The first-order valence-electron chi connectivity index (χ1n) is 7.00. The lowest BCUT2D eigenvalue weighted by molar-refractivity contribution is 0.631. The van der Waals surface area contributed by atoms with Gasteiger partial charge in [0.15, 0.2) is 0 Å². The fourth-order valence-corrected chi connectivity index (χ4v) is 2.39. The smallest absolute Gasteiger partial charge is 0.147 e. The van der Waals surface area contributed by atoms with Crippen molar-refractivity contribution in [2.24, 2.45) is 0 Å². The minimum atomic E-state index is -0.319. The first-order valence-corrected chi connectivity index (χ1v) is 7.80. The van der Waals surface area contributed by atoms with Gasteiger partial charge in [0, 0.05) is 23.0 Å². The van der Waals surface area contributed by atoms with Crippen molar-refractivity contribution >= 4 is 33.3 Å². The van der Waals surface area contributed by atoms with E-state index in [4.69, 9.17) is 0 Å². The van der Waals surface area contributed by atoms with Gasteiger partial charge in [-0.2, -0.15) is 0 Å². The number of halogens is 2. The molecule has 1 fully saturated rings. The van der Waals surface area contributed by atoms with E-state index in [1.165, 1.54) is 6.07 Å². The summed E-state index contributed by atoms with van der Waals surface area (Å²) in [6, 6.07) is 6.71. The molecule has 2 aromatic rings. The zero-order valence-electron chi connectivity index (χ0n) is 11.7. The van der Waals surface area contributed by atoms with Crippen LogP contribution in [0.1, 0.15) is 31.5 Å². The summed E-state index contributed by atoms with van der Waals surface area (Å²) in [6.07, 6.45) is 2.25. The molecule has 1 saturated carbocycles. The van der Waals surface area contributed by atoms with Crippen LogP contribution in [0.3, 0.4) is 0 Å². The third-order valence-electron chi connectivity index (χ3n) is 3.24. The Labute approximate surface area is 131 Å². The summed E-state index contributed by atoms with van der Waals surface area (Å²) in [7, 11) is 0. The molecule has 3 rings (SSSR count). The van der Waals surface area contributed by atoms with Crippen LogP contribution in [0.4, 0.5) is 21.7 Å². The summed E-state index contributed by atoms with van der Waals surface area (Å²) in [5.41, 5.74) is 0.404. The average molecular weight is 351 g/mol. The first-order chi connectivity index (χ1) is 10.2. The third-order valence-corrected chi connectivity index (χ3v) is 3.73. The third kappa shape index (κ3) is 3.50. The Balaban J connectivity index is 1.89. The van der Waals surface area contributed by atoms with Crippen molar-refractivity contribution in [1.29, 1.82) is 0 Å². The van der Waals surface area contributed by atoms with Crippen molar-refractivity contribution < 1.29 is 4.39 Å². The van der Waals surface area contributed by atoms with Crippen LogP contribution < -0.4 is 10.6 Å². The van der Waals surface area contributed by atoms with Gasteiger partial charge in [0.1, 0.15) is 23.3 Å². The highest BCUT2D eigenvalue weighted by Crippen LogP contribution is 2.39. The minimum absolute atomic E-state index is 0.319. The number of nitrogens with zero attached hydrogens (tertiary/aromatic N) is 2. The fourth-order valence-electron chi connectivity index (χ4n) is 2.05. The highest BCUT2D eigenvalue weighted by molar-refractivity contribution is 9.10. The van der Waals surface area contributed by atoms with E-state index < -0.39 is 0 Å². The Morgan fingerprint density at radius 1 is 1.24 bits per heavy atom. The van der Waals surface area contributed by atoms with Crippen molar-refractivity contribution in [1.82, 2.24) is 9.97 Å². The summed E-state index contributed by atoms with van der Waals surface area (Å²) >= 11 is 3.25. The van der Waals surface area contributed by atoms with Crippen LogP contribution >= 0.6 is 15.9 Å². The van der Waals surface area contributed by atoms with Gasteiger partial charge in [-0.15, -0.1) is 0 Å². The van der Waals surface area contributed by atoms with E-state index >= 15 is 0 Å². The van der Waals surface area contributed by atoms with Gasteiger partial charge in [0.25, 0.3) is 0 Å². The van der Waals surface area contributed by atoms with Gasteiger partial charge in [-0.25, -0.2) is 14.4 Å². The Morgan fingerprint density at radius 2 is 2.00 bits per heavy atom. The largest absolute Gasteiger partial charge is 0.370 e. The normalized spacial score (nSPS) is 14.0. The van der Waals surface area contributed by atoms with Gasteiger partial charge < -0.3 is 10.6 Å². The SMILES string of the molecule is CCNc1cc(Nc2ccc(Br)cc2F)nc(C2CC2)n1. The molecule has 1 aliphatic carbocycles. The van der Waals surface area contributed by atoms with Crippen molar-refractivity contribution in [3.8, 4) is 0 Å². The van der Waals surface area contributed by atoms with Gasteiger partial charge in [-0.3, -0.25) is 0 Å². The average Bonchev–Trinajstić information content (AvgIpc) is 3.27. The van der Waals surface area contributed by atoms with Gasteiger partial charge in [-0.05, 0) is 38.0 Å². The monoisotopic (exact) mass is 350 g/mol. The lowest BCUT2D eigenvalue weighted by Gasteiger charge is -2.11. The second-order valence-electron chi connectivity index (χ2n) is 5.05. The molecule has 1 aromatic carbocycles. The Hall–Kier alpha value is -1.69. The lowest BCUT2D eigenvalue weighted by Crippen LogP contribution is -2.06. The van der Waals surface area contributed by atoms with E-state index in [2.05, 4.69) is 36.5 Å². The number of nitrogens with one attached hydrogen (secondary N) is 2. The minimum Gasteiger partial charge on any atom is -0.370 e. The number of hydrogen-bond acceptors (Lipinski definition) is 4. The number of benzene rings is 1. The molecule has 0 saturated heterocycles. The van der Waals surface area contributed by atoms with E-state index in [1.807, 2.05) is 6.92 Å². The number of anilines is 3. The molecule has 1 aromatic heterocycles. The van der Waals surface area contributed by atoms with Gasteiger partial charge in [0.05, 0.1) is 5.69 Å². The Kier molecular flexibility index (Phi) is 4.05. The van der Waals surface area contributed by atoms with Crippen LogP contribution in [0.25, 0.3) is 0 Å². The summed E-state index contributed by atoms with van der Waals surface area (Å²) in [5.74, 6) is 2.34. The molecule has 0 radical (unpaired) electrons. The van der Waals surface area contributed by atoms with Crippen LogP contribution in [0.2, 0.25) is 0 Å². The zero-order chi connectivity index (χ0) is 14.8. The molecule has 0 spiro atoms. The highest BCUT2D eigenvalue weighted by atomic mass is 79.9. The first kappa shape index (κ1) is 14.3. The van der Waals surface area contributed by atoms with Crippen molar-refractivity contribution in [2.75, 3.05) is 17.2 Å². The van der Waals surface area contributed by atoms with Gasteiger partial charge in [0.2, 0.25) is 0 Å². The molecule has 0 aliphatic heterocycles. The summed E-state index contributed by atoms with van der Waals surface area (Å²) < 4.78 is 14.6. The van der Waals surface area contributed by atoms with Gasteiger partial charge in [-0.1, -0.05) is 15.9 Å². The van der Waals surface area contributed by atoms with Crippen LogP contribution in [-0.4, -0.2) is 16.5 Å². The van der Waals surface area contributed by atoms with Crippen LogP contribution in [0.5, 0.6) is 0 Å². The van der Waals surface area contributed by atoms with E-state index in [9.17, 15) is 4.39 Å². The number of hydrogen-bond donors (Lipinski definition) is 2. The number of rotatable bonds is 5. The molecule has 0 amide bonds. The maximum atomic E-state index is 13.9. The summed E-state index contributed by atoms with van der Waals surface area (Å²) in [5, 5.41) is 6.22. The molecule has 21 heavy (non-hydrogen) atoms. The molecule has 1 heterocycles. The molecular formula is C15H16BrFN4. The van der Waals surface area contributed by atoms with Crippen LogP contribution in [-0.2, 0) is 0 Å². The zero-order valence-corrected chi connectivity index (χ0v) is 13.2. The van der Waals surface area contributed by atoms with Crippen molar-refractivity contribution in [2.45, 2.75) is 25.7 Å². The van der Waals surface area contributed by atoms with Crippen LogP contribution in [0, 0.1) is 5.82 Å². The molecule has 1 aliphatic rings. The predicted octanol–water partition coefficient (Wildman–Crippen LogP) is 4.43. The van der Waals surface area contributed by atoms with Crippen molar-refractivity contribution in [3.05, 3.63) is 40.4 Å². The molecule has 0 bridgehead atoms. The Morgan fingerprint density at radius 3 is 2.67 bits per heavy atom. The molecular weight excluding hydrogens is 335 g/mol. The van der Waals surface area contributed by atoms with E-state index in [-0.39, 0.29) is 5.82 Å². The topological polar surface area (TPSA) is 49.8 Å². The van der Waals surface area contributed by atoms with E-state index in [1.54, 1.807) is 18.2 Å². The summed E-state index contributed by atoms with van der Waals surface area (Å²) in [4.78, 5) is 9.00. The maximum Gasteiger partial charge on any atom is 0.147 e. The highest BCUT2D eigenvalue weighted by Gasteiger charge is 2.27. The Bertz CT molecular complexity index is 658. The van der Waals surface area contributed by atoms with Crippen molar-refractivity contribution in [3.63, 3.8) is 0 Å². The quantitative estimate of drug-likeness (QED) is 0.837. The lowest BCUT2D eigenvalue weighted by atomic mass is 10.3. The number of aromatic nitrogens is 2. The molecule has 0 unspecified atom stereocenters. The fraction of sp³-hybridized carbons (Fsp3) is 0.333. The predicted molar refractivity (Wildman–Crippen MR) is 85.6 cm³/mol. The summed E-state index contributed by atoms with van der Waals surface area (Å²) in [6.45, 7) is 2.80. The maximum absolute atomic E-state index is 13.9. The standard InChI is InChI=1S/C15H16BrFN4/c1-2-18-13-8-14(21-15(20-13)9-3-4-9)19-12-6-5-10(16)7-11(12)17/h5-9H,2-4H2,1H3,(H2,18,19,20,21). The molecule has 110 valence electrons. The van der Waals surface area contributed by atoms with E-state index in [0.717, 1.165) is 31.0 Å². The second kappa shape index (κ2) is 5.97. The second-order valence-corrected chi connectivity index (χ2v) is 5.97. The molecule has 4 nitrogen and oxygen atoms in total. The molecule has 6 heteroatoms. The van der Waals surface area contributed by atoms with Crippen LogP contribution in [0.15, 0.2) is 28.7 Å². The van der Waals surface area contributed by atoms with Gasteiger partial charge >= 0.3 is 0 Å². The van der Waals surface area contributed by atoms with E-state index in [0.29, 0.717) is 21.9 Å².